The number of aromatic nitrogens is 32. The van der Waals surface area contributed by atoms with Gasteiger partial charge in [0.1, 0.15) is 0 Å². The number of hydrogen-bond donors (Lipinski definition) is 0. The minimum atomic E-state index is -0.278. The number of para-hydroxylation sites is 6. The number of aryl methyl sites for hydroxylation is 11. The van der Waals surface area contributed by atoms with Crippen LogP contribution in [0.25, 0.3) is 91.4 Å². The van der Waals surface area contributed by atoms with Gasteiger partial charge in [-0.2, -0.15) is 206 Å². The molecule has 149 heavy (non-hydrogen) atoms. The zero-order valence-electron chi connectivity index (χ0n) is 82.3. The molecular weight excluding hydrogens is 2590 g/mol. The molecule has 0 aliphatic carbocycles. The summed E-state index contributed by atoms with van der Waals surface area (Å²) in [5.41, 5.74) is 11.4. The SMILES string of the molecule is C[n+]1[c-]n(-c2[c-]cc(F)cc2)cc1.C[n+]1[c-]n(-c2[c-]cc(F)cc2)cc1.C[n+]1[c-]n(-c2[c-]cccc2)cc1.C[n+]1[c-]n(-c2[c-]cccc2)cc1.C[n+]1[c-]n(-c2[c-]cccc2)cc1.C[n+]1[c-]n(-c2[c-]cccc2)cc1.C[n+]1[c-]n(-c2[c-]cccc2)cc1.C[n+]1[c-]n(-c2[c-]cccc2)cc1.Cc1n[n-]c(-c2ccccn2)n1.Cc1n[n-]c(-c2ccccn2)n1.Cc1n[n-]c(-c2ccccn2)n1.[Ir].[Ir].[Ir].[Ir].c1ccc(-c2cnn[n-]2)nc1. The van der Waals surface area contributed by atoms with Gasteiger partial charge in [-0.3, -0.25) is 49.2 Å². The first kappa shape index (κ1) is 116. The maximum Gasteiger partial charge on any atom is 0.241 e. The maximum atomic E-state index is 12.6. The van der Waals surface area contributed by atoms with E-state index in [4.69, 9.17) is 0 Å². The van der Waals surface area contributed by atoms with Crippen molar-refractivity contribution in [2.75, 3.05) is 0 Å². The van der Waals surface area contributed by atoms with E-state index in [1.165, 1.54) is 24.3 Å². The van der Waals surface area contributed by atoms with Crippen LogP contribution in [0, 0.1) is 132 Å². The van der Waals surface area contributed by atoms with Gasteiger partial charge in [0.25, 0.3) is 0 Å². The molecule has 16 heterocycles. The second-order valence-electron chi connectivity index (χ2n) is 30.5. The quantitative estimate of drug-likeness (QED) is 0.0812. The Bertz CT molecular complexity index is 6540. The van der Waals surface area contributed by atoms with Crippen LogP contribution in [-0.2, 0) is 137 Å². The predicted octanol–water partition coefficient (Wildman–Crippen LogP) is 10.4. The molecule has 0 bridgehead atoms. The largest absolute Gasteiger partial charge is 0.421 e. The molecule has 16 aromatic heterocycles. The summed E-state index contributed by atoms with van der Waals surface area (Å²) in [5.74, 6) is 3.25. The number of rotatable bonds is 12. The molecule has 8 aromatic carbocycles. The molecule has 4 radical (unpaired) electrons. The third-order valence-corrected chi connectivity index (χ3v) is 19.1. The van der Waals surface area contributed by atoms with Gasteiger partial charge in [0, 0.05) is 233 Å². The van der Waals surface area contributed by atoms with Gasteiger partial charge < -0.3 is 114 Å². The molecule has 0 saturated carbocycles. The summed E-state index contributed by atoms with van der Waals surface area (Å²) < 4.78 is 54.9. The molecule has 0 spiro atoms. The van der Waals surface area contributed by atoms with Gasteiger partial charge in [0.15, 0.2) is 0 Å². The summed E-state index contributed by atoms with van der Waals surface area (Å²) in [6.07, 6.45) is 63.7. The van der Waals surface area contributed by atoms with Crippen LogP contribution < -0.4 is 56.9 Å². The summed E-state index contributed by atoms with van der Waals surface area (Å²) in [7, 11) is 15.4. The summed E-state index contributed by atoms with van der Waals surface area (Å²) in [6.45, 7) is 5.42. The standard InChI is InChI=1S/2C10H8FN2.6C10H9N2.3C8H7N4.C7H5N4.4Ir/c2*1-12-6-7-13(8-12)10-4-2-9(11)3-5-10;6*1-11-7-8-12(9-11)10-5-3-2-4-6-10;3*1-6-10-8(12-11-6)7-4-2-3-5-9-7;1-2-4-8-6(3-1)7-5-9-11-10-7;;;;/h2*2-4,6-7H,1H3;6*2-5,7-8H,1H3;3*2-5H,1H3;1-5H;;;;/q12*-1;;;;. The van der Waals surface area contributed by atoms with E-state index in [-0.39, 0.29) is 92.1 Å². The first-order chi connectivity index (χ1) is 70.7. The Morgan fingerprint density at radius 3 is 0.617 bits per heavy atom. The Balaban J connectivity index is 0.000000180. The van der Waals surface area contributed by atoms with Crippen molar-refractivity contribution in [3.8, 4) is 91.4 Å². The van der Waals surface area contributed by atoms with E-state index >= 15 is 0 Å². The Morgan fingerprint density at radius 2 is 0.463 bits per heavy atom. The van der Waals surface area contributed by atoms with E-state index in [9.17, 15) is 8.78 Å². The van der Waals surface area contributed by atoms with Gasteiger partial charge in [-0.1, -0.05) is 76.0 Å². The maximum absolute atomic E-state index is 12.6. The predicted molar refractivity (Wildman–Crippen MR) is 525 cm³/mol. The Morgan fingerprint density at radius 1 is 0.248 bits per heavy atom. The van der Waals surface area contributed by atoms with Gasteiger partial charge in [-0.05, 0) is 92.5 Å². The van der Waals surface area contributed by atoms with Crippen LogP contribution in [0.1, 0.15) is 17.5 Å². The van der Waals surface area contributed by atoms with Crippen molar-refractivity contribution in [2.24, 2.45) is 56.4 Å². The van der Waals surface area contributed by atoms with Crippen LogP contribution in [0.2, 0.25) is 0 Å². The minimum Gasteiger partial charge on any atom is -0.421 e. The zero-order chi connectivity index (χ0) is 102. The van der Waals surface area contributed by atoms with Crippen LogP contribution in [0.15, 0.2) is 385 Å². The van der Waals surface area contributed by atoms with Crippen molar-refractivity contribution in [3.05, 3.63) is 513 Å². The van der Waals surface area contributed by atoms with Crippen molar-refractivity contribution in [2.45, 2.75) is 20.8 Å². The van der Waals surface area contributed by atoms with E-state index in [2.05, 4.69) is 180 Å². The second-order valence-corrected chi connectivity index (χ2v) is 30.5. The Kier molecular flexibility index (Phi) is 48.1. The van der Waals surface area contributed by atoms with E-state index in [0.717, 1.165) is 68.3 Å². The monoisotopic (exact) mass is 2690 g/mol. The summed E-state index contributed by atoms with van der Waals surface area (Å²) >= 11 is 0. The molecule has 24 aromatic rings. The molecule has 0 aliphatic rings. The fourth-order valence-corrected chi connectivity index (χ4v) is 12.2. The third-order valence-electron chi connectivity index (χ3n) is 19.1. The van der Waals surface area contributed by atoms with E-state index < -0.39 is 0 Å². The number of pyridine rings is 4. The summed E-state index contributed by atoms with van der Waals surface area (Å²) in [4.78, 5) is 28.7. The molecular formula is C111H96F2Ir4N32-12. The topological polar surface area (TPSA) is 282 Å². The summed E-state index contributed by atoms with van der Waals surface area (Å²) in [6, 6.07) is 102. The van der Waals surface area contributed by atoms with Crippen LogP contribution in [0.5, 0.6) is 0 Å². The van der Waals surface area contributed by atoms with Gasteiger partial charge in [-0.25, -0.2) is 0 Å². The summed E-state index contributed by atoms with van der Waals surface area (Å²) in [5, 5.41) is 33.8. The normalized spacial score (nSPS) is 9.83. The molecule has 0 N–H and O–H groups in total. The third kappa shape index (κ3) is 38.8. The van der Waals surface area contributed by atoms with Gasteiger partial charge >= 0.3 is 0 Å². The molecule has 24 rings (SSSR count). The molecule has 0 amide bonds. The first-order valence-electron chi connectivity index (χ1n) is 44.6. The molecule has 0 aliphatic heterocycles. The van der Waals surface area contributed by atoms with Crippen LogP contribution in [0.3, 0.4) is 0 Å². The van der Waals surface area contributed by atoms with Crippen molar-refractivity contribution in [1.82, 2.24) is 117 Å². The van der Waals surface area contributed by atoms with E-state index in [0.29, 0.717) is 40.6 Å². The molecule has 32 nitrogen and oxygen atoms in total. The number of nitrogens with zero attached hydrogens (tertiary/aromatic N) is 32. The van der Waals surface area contributed by atoms with Crippen LogP contribution in [-0.4, -0.2) is 97.0 Å². The van der Waals surface area contributed by atoms with E-state index in [1.54, 1.807) is 82.2 Å². The molecule has 0 fully saturated rings. The van der Waals surface area contributed by atoms with Crippen molar-refractivity contribution < 1.29 is 126 Å². The fourth-order valence-electron chi connectivity index (χ4n) is 12.2. The zero-order valence-corrected chi connectivity index (χ0v) is 91.9. The Labute approximate surface area is 917 Å². The number of imidazole rings is 8. The first-order valence-corrected chi connectivity index (χ1v) is 44.6. The minimum absolute atomic E-state index is 0. The molecule has 38 heteroatoms. The van der Waals surface area contributed by atoms with Gasteiger partial charge in [-0.15, -0.1) is 24.3 Å². The van der Waals surface area contributed by atoms with Crippen molar-refractivity contribution >= 4 is 0 Å². The molecule has 0 saturated heterocycles. The molecule has 762 valence electrons. The second kappa shape index (κ2) is 62.0. The number of halogens is 2. The van der Waals surface area contributed by atoms with Gasteiger partial charge in [0.2, 0.25) is 50.6 Å². The number of benzene rings is 8. The Hall–Kier alpha value is -16.9. The fraction of sp³-hybridized carbons (Fsp3) is 0.0991. The van der Waals surface area contributed by atoms with Crippen LogP contribution in [0.4, 0.5) is 8.78 Å². The van der Waals surface area contributed by atoms with Crippen molar-refractivity contribution in [1.29, 1.82) is 0 Å². The van der Waals surface area contributed by atoms with E-state index in [1.807, 2.05) is 429 Å². The number of hydrogen-bond acceptors (Lipinski definition) is 12. The van der Waals surface area contributed by atoms with Gasteiger partial charge in [0.05, 0.1) is 79.2 Å². The smallest absolute Gasteiger partial charge is 0.241 e. The average molecular weight is 2690 g/mol. The molecule has 0 unspecified atom stereocenters. The average Bonchev–Trinajstić information content (AvgIpc) is 1.69. The van der Waals surface area contributed by atoms with Crippen LogP contribution >= 0.6 is 0 Å². The van der Waals surface area contributed by atoms with Crippen molar-refractivity contribution in [3.63, 3.8) is 0 Å². The molecule has 0 atom stereocenters.